The predicted octanol–water partition coefficient (Wildman–Crippen LogP) is -0.471. The van der Waals surface area contributed by atoms with Crippen LogP contribution in [0.25, 0.3) is 11.2 Å². The van der Waals surface area contributed by atoms with E-state index >= 15 is 0 Å². The number of rotatable bonds is 2. The zero-order valence-electron chi connectivity index (χ0n) is 12.1. The Labute approximate surface area is 124 Å². The molecule has 0 spiro atoms. The third kappa shape index (κ3) is 1.90. The van der Waals surface area contributed by atoms with Crippen molar-refractivity contribution in [2.75, 3.05) is 6.61 Å². The number of H-pyrrole nitrogens is 1. The third-order valence-corrected chi connectivity index (χ3v) is 3.96. The standard InChI is InChI=1S/C13H16N4O5/c1-13(2)21-9-7(5-18)20-12(10(9)22-13)17-8(19)4-3-6-11(17)15-16-14-6/h3-4,7,9-10,12,18H,5H2,1-2H3,(H,14,15,16)/t7-,9+,10?,12-/m1/s1. The Morgan fingerprint density at radius 3 is 2.86 bits per heavy atom. The molecule has 2 saturated heterocycles. The molecule has 0 saturated carbocycles. The van der Waals surface area contributed by atoms with Crippen molar-refractivity contribution in [2.45, 2.75) is 44.2 Å². The molecule has 2 aliphatic heterocycles. The molecule has 2 aliphatic rings. The Morgan fingerprint density at radius 2 is 2.09 bits per heavy atom. The zero-order chi connectivity index (χ0) is 15.5. The summed E-state index contributed by atoms with van der Waals surface area (Å²) in [5.41, 5.74) is 0.644. The molecule has 22 heavy (non-hydrogen) atoms. The Hall–Kier alpha value is -1.81. The average Bonchev–Trinajstić information content (AvgIpc) is 3.12. The lowest BCUT2D eigenvalue weighted by atomic mass is 10.1. The number of nitrogens with zero attached hydrogens (tertiary/aromatic N) is 3. The number of hydrogen-bond acceptors (Lipinski definition) is 7. The van der Waals surface area contributed by atoms with E-state index in [2.05, 4.69) is 15.4 Å². The summed E-state index contributed by atoms with van der Waals surface area (Å²) in [7, 11) is 0. The van der Waals surface area contributed by atoms with Gasteiger partial charge in [0.2, 0.25) is 0 Å². The van der Waals surface area contributed by atoms with E-state index in [4.69, 9.17) is 14.2 Å². The highest BCUT2D eigenvalue weighted by atomic mass is 16.8. The molecule has 4 atom stereocenters. The molecule has 0 aromatic carbocycles. The van der Waals surface area contributed by atoms with Crippen molar-refractivity contribution in [3.63, 3.8) is 0 Å². The number of aromatic nitrogens is 4. The molecule has 2 aromatic rings. The maximum Gasteiger partial charge on any atom is 0.254 e. The fourth-order valence-electron chi connectivity index (χ4n) is 3.12. The second kappa shape index (κ2) is 4.59. The van der Waals surface area contributed by atoms with Gasteiger partial charge in [-0.2, -0.15) is 10.3 Å². The molecule has 0 radical (unpaired) electrons. The summed E-state index contributed by atoms with van der Waals surface area (Å²) < 4.78 is 18.9. The first-order valence-electron chi connectivity index (χ1n) is 7.04. The normalized spacial score (nSPS) is 33.4. The number of fused-ring (bicyclic) bond motifs is 2. The topological polar surface area (TPSA) is 111 Å². The highest BCUT2D eigenvalue weighted by molar-refractivity contribution is 5.69. The first-order chi connectivity index (χ1) is 10.5. The van der Waals surface area contributed by atoms with Crippen molar-refractivity contribution in [3.8, 4) is 0 Å². The summed E-state index contributed by atoms with van der Waals surface area (Å²) in [4.78, 5) is 12.3. The van der Waals surface area contributed by atoms with Crippen LogP contribution in [-0.4, -0.2) is 55.8 Å². The fourth-order valence-corrected chi connectivity index (χ4v) is 3.12. The van der Waals surface area contributed by atoms with Crippen molar-refractivity contribution in [3.05, 3.63) is 22.5 Å². The van der Waals surface area contributed by atoms with Gasteiger partial charge in [0.1, 0.15) is 23.8 Å². The summed E-state index contributed by atoms with van der Waals surface area (Å²) >= 11 is 0. The SMILES string of the molecule is CC1(C)OC2[C@@H](O1)[C@@H](CO)O[C@H]2n1c(=O)ccc2n[nH]nc21. The molecule has 9 heteroatoms. The Morgan fingerprint density at radius 1 is 1.32 bits per heavy atom. The number of pyridine rings is 1. The van der Waals surface area contributed by atoms with E-state index in [1.165, 1.54) is 10.6 Å². The quantitative estimate of drug-likeness (QED) is 0.771. The highest BCUT2D eigenvalue weighted by Gasteiger charge is 2.56. The second-order valence-electron chi connectivity index (χ2n) is 5.89. The third-order valence-electron chi connectivity index (χ3n) is 3.96. The van der Waals surface area contributed by atoms with Gasteiger partial charge in [0.05, 0.1) is 6.61 Å². The van der Waals surface area contributed by atoms with Gasteiger partial charge in [-0.05, 0) is 19.9 Å². The summed E-state index contributed by atoms with van der Waals surface area (Å²) in [6.07, 6.45) is -2.25. The molecule has 2 N–H and O–H groups in total. The zero-order valence-corrected chi connectivity index (χ0v) is 12.1. The molecule has 0 amide bonds. The molecule has 1 unspecified atom stereocenters. The van der Waals surface area contributed by atoms with Crippen LogP contribution in [0.2, 0.25) is 0 Å². The smallest absolute Gasteiger partial charge is 0.254 e. The van der Waals surface area contributed by atoms with Gasteiger partial charge >= 0.3 is 0 Å². The Bertz CT molecular complexity index is 769. The predicted molar refractivity (Wildman–Crippen MR) is 73.0 cm³/mol. The number of ether oxygens (including phenoxy) is 3. The van der Waals surface area contributed by atoms with Gasteiger partial charge in [-0.3, -0.25) is 9.36 Å². The number of hydrogen-bond donors (Lipinski definition) is 2. The van der Waals surface area contributed by atoms with E-state index < -0.39 is 30.3 Å². The molecule has 2 aromatic heterocycles. The summed E-state index contributed by atoms with van der Waals surface area (Å²) in [5.74, 6) is -0.799. The maximum absolute atomic E-state index is 12.3. The van der Waals surface area contributed by atoms with Crippen LogP contribution >= 0.6 is 0 Å². The van der Waals surface area contributed by atoms with E-state index in [0.29, 0.717) is 11.2 Å². The van der Waals surface area contributed by atoms with Crippen molar-refractivity contribution in [2.24, 2.45) is 0 Å². The van der Waals surface area contributed by atoms with Crippen molar-refractivity contribution in [1.29, 1.82) is 0 Å². The lowest BCUT2D eigenvalue weighted by Crippen LogP contribution is -2.34. The van der Waals surface area contributed by atoms with E-state index in [1.54, 1.807) is 19.9 Å². The van der Waals surface area contributed by atoms with Crippen LogP contribution in [0.5, 0.6) is 0 Å². The van der Waals surface area contributed by atoms with Crippen LogP contribution < -0.4 is 5.56 Å². The highest BCUT2D eigenvalue weighted by Crippen LogP contribution is 2.42. The van der Waals surface area contributed by atoms with E-state index in [1.807, 2.05) is 0 Å². The minimum absolute atomic E-state index is 0.222. The van der Waals surface area contributed by atoms with Crippen LogP contribution in [0.15, 0.2) is 16.9 Å². The summed E-state index contributed by atoms with van der Waals surface area (Å²) in [6.45, 7) is 3.35. The largest absolute Gasteiger partial charge is 0.394 e. The minimum Gasteiger partial charge on any atom is -0.394 e. The number of aromatic amines is 1. The summed E-state index contributed by atoms with van der Waals surface area (Å²) in [5, 5.41) is 20.0. The molecule has 2 fully saturated rings. The van der Waals surface area contributed by atoms with Gasteiger partial charge in [-0.25, -0.2) is 0 Å². The fraction of sp³-hybridized carbons (Fsp3) is 0.615. The van der Waals surface area contributed by atoms with Gasteiger partial charge in [0, 0.05) is 6.07 Å². The molecular weight excluding hydrogens is 292 g/mol. The lowest BCUT2D eigenvalue weighted by molar-refractivity contribution is -0.200. The molecule has 4 heterocycles. The van der Waals surface area contributed by atoms with Gasteiger partial charge < -0.3 is 19.3 Å². The number of nitrogens with one attached hydrogen (secondary N) is 1. The summed E-state index contributed by atoms with van der Waals surface area (Å²) in [6, 6.07) is 2.99. The van der Waals surface area contributed by atoms with Gasteiger partial charge in [-0.15, -0.1) is 5.10 Å². The first-order valence-corrected chi connectivity index (χ1v) is 7.04. The van der Waals surface area contributed by atoms with Crippen LogP contribution in [-0.2, 0) is 14.2 Å². The maximum atomic E-state index is 12.3. The Balaban J connectivity index is 1.83. The van der Waals surface area contributed by atoms with E-state index in [9.17, 15) is 9.90 Å². The van der Waals surface area contributed by atoms with Gasteiger partial charge in [-0.1, -0.05) is 0 Å². The van der Waals surface area contributed by atoms with Crippen molar-refractivity contribution >= 4 is 11.2 Å². The monoisotopic (exact) mass is 308 g/mol. The molecular formula is C13H16N4O5. The van der Waals surface area contributed by atoms with Crippen LogP contribution in [0, 0.1) is 0 Å². The Kier molecular flexibility index (Phi) is 2.89. The van der Waals surface area contributed by atoms with Gasteiger partial charge in [0.15, 0.2) is 17.7 Å². The molecule has 9 nitrogen and oxygen atoms in total. The molecule has 0 aliphatic carbocycles. The van der Waals surface area contributed by atoms with E-state index in [0.717, 1.165) is 0 Å². The van der Waals surface area contributed by atoms with Crippen LogP contribution in [0.4, 0.5) is 0 Å². The van der Waals surface area contributed by atoms with E-state index in [-0.39, 0.29) is 12.2 Å². The second-order valence-corrected chi connectivity index (χ2v) is 5.89. The number of aliphatic hydroxyl groups excluding tert-OH is 1. The minimum atomic E-state index is -0.799. The van der Waals surface area contributed by atoms with Crippen LogP contribution in [0.1, 0.15) is 20.1 Å². The first kappa shape index (κ1) is 13.8. The number of aliphatic hydroxyl groups is 1. The van der Waals surface area contributed by atoms with Crippen molar-refractivity contribution < 1.29 is 19.3 Å². The van der Waals surface area contributed by atoms with Gasteiger partial charge in [0.25, 0.3) is 5.56 Å². The molecule has 4 rings (SSSR count). The molecule has 0 bridgehead atoms. The lowest BCUT2D eigenvalue weighted by Gasteiger charge is -2.24. The van der Waals surface area contributed by atoms with Crippen molar-refractivity contribution in [1.82, 2.24) is 20.0 Å². The average molecular weight is 308 g/mol. The van der Waals surface area contributed by atoms with Crippen LogP contribution in [0.3, 0.4) is 0 Å². The molecule has 118 valence electrons.